The highest BCUT2D eigenvalue weighted by atomic mass is 19.1. The van der Waals surface area contributed by atoms with Crippen molar-refractivity contribution in [3.63, 3.8) is 0 Å². The molecule has 13 heavy (non-hydrogen) atoms. The average Bonchev–Trinajstić information content (AvgIpc) is 2.04. The molecule has 1 aromatic carbocycles. The third kappa shape index (κ3) is 1.61. The lowest BCUT2D eigenvalue weighted by Crippen LogP contribution is -2.03. The molecule has 1 aromatic rings. The highest BCUT2D eigenvalue weighted by molar-refractivity contribution is 5.96. The Morgan fingerprint density at radius 1 is 1.38 bits per heavy atom. The highest BCUT2D eigenvalue weighted by Crippen LogP contribution is 2.15. The summed E-state index contributed by atoms with van der Waals surface area (Å²) >= 11 is 0. The summed E-state index contributed by atoms with van der Waals surface area (Å²) in [6.45, 7) is 1.14. The van der Waals surface area contributed by atoms with Crippen molar-refractivity contribution in [2.75, 3.05) is 0 Å². The zero-order valence-electron chi connectivity index (χ0n) is 6.80. The number of carbonyl (C=O) groups excluding carboxylic acids is 2. The Balaban J connectivity index is 3.44. The topological polar surface area (TPSA) is 34.1 Å². The van der Waals surface area contributed by atoms with E-state index in [1.54, 1.807) is 0 Å². The van der Waals surface area contributed by atoms with Crippen LogP contribution in [-0.4, -0.2) is 12.1 Å². The number of hydrogen-bond donors (Lipinski definition) is 0. The van der Waals surface area contributed by atoms with Gasteiger partial charge in [-0.2, -0.15) is 0 Å². The number of ketones is 1. The van der Waals surface area contributed by atoms with Crippen LogP contribution in [0.5, 0.6) is 0 Å². The normalized spacial score (nSPS) is 9.77. The first kappa shape index (κ1) is 9.51. The summed E-state index contributed by atoms with van der Waals surface area (Å²) in [7, 11) is 0. The van der Waals surface area contributed by atoms with Crippen LogP contribution in [0.2, 0.25) is 0 Å². The van der Waals surface area contributed by atoms with Gasteiger partial charge in [0.25, 0.3) is 0 Å². The number of Topliss-reactive ketones (excluding diaryl/α,β-unsaturated/α-hetero) is 1. The molecular weight excluding hydrogens is 178 g/mol. The molecular formula is C9H6F2O2. The van der Waals surface area contributed by atoms with Gasteiger partial charge in [0.15, 0.2) is 12.1 Å². The lowest BCUT2D eigenvalue weighted by molar-refractivity contribution is 0.101. The van der Waals surface area contributed by atoms with Gasteiger partial charge >= 0.3 is 0 Å². The molecule has 0 fully saturated rings. The molecule has 0 bridgehead atoms. The van der Waals surface area contributed by atoms with Crippen LogP contribution in [0, 0.1) is 11.6 Å². The van der Waals surface area contributed by atoms with E-state index in [4.69, 9.17) is 0 Å². The summed E-state index contributed by atoms with van der Waals surface area (Å²) < 4.78 is 25.8. The Morgan fingerprint density at radius 3 is 2.46 bits per heavy atom. The minimum absolute atomic E-state index is 0.0527. The van der Waals surface area contributed by atoms with Crippen molar-refractivity contribution < 1.29 is 18.4 Å². The second kappa shape index (κ2) is 3.43. The molecule has 0 unspecified atom stereocenters. The molecule has 0 aromatic heterocycles. The molecule has 0 aliphatic carbocycles. The fourth-order valence-electron chi connectivity index (χ4n) is 0.949. The van der Waals surface area contributed by atoms with Crippen LogP contribution in [0.25, 0.3) is 0 Å². The van der Waals surface area contributed by atoms with Crippen LogP contribution in [0.3, 0.4) is 0 Å². The van der Waals surface area contributed by atoms with Gasteiger partial charge in [0, 0.05) is 0 Å². The fraction of sp³-hybridized carbons (Fsp3) is 0.111. The molecule has 1 rings (SSSR count). The maximum absolute atomic E-state index is 13.1. The van der Waals surface area contributed by atoms with E-state index in [1.807, 2.05) is 0 Å². The fourth-order valence-corrected chi connectivity index (χ4v) is 0.949. The van der Waals surface area contributed by atoms with Crippen molar-refractivity contribution in [2.24, 2.45) is 0 Å². The predicted molar refractivity (Wildman–Crippen MR) is 41.8 cm³/mol. The van der Waals surface area contributed by atoms with Gasteiger partial charge < -0.3 is 0 Å². The van der Waals surface area contributed by atoms with Crippen molar-refractivity contribution in [3.8, 4) is 0 Å². The van der Waals surface area contributed by atoms with Crippen LogP contribution in [0.4, 0.5) is 8.78 Å². The van der Waals surface area contributed by atoms with Crippen molar-refractivity contribution in [3.05, 3.63) is 34.9 Å². The maximum Gasteiger partial charge on any atom is 0.162 e. The van der Waals surface area contributed by atoms with Crippen LogP contribution >= 0.6 is 0 Å². The Hall–Kier alpha value is -1.58. The molecule has 0 amide bonds. The van der Waals surface area contributed by atoms with E-state index in [0.717, 1.165) is 19.1 Å². The van der Waals surface area contributed by atoms with E-state index in [-0.39, 0.29) is 11.8 Å². The molecule has 0 atom stereocenters. The molecule has 0 saturated heterocycles. The molecule has 2 nitrogen and oxygen atoms in total. The first-order valence-electron chi connectivity index (χ1n) is 3.52. The lowest BCUT2D eigenvalue weighted by atomic mass is 10.1. The summed E-state index contributed by atoms with van der Waals surface area (Å²) in [4.78, 5) is 21.0. The van der Waals surface area contributed by atoms with Gasteiger partial charge in [0.1, 0.15) is 11.6 Å². The number of aldehydes is 1. The Kier molecular flexibility index (Phi) is 2.51. The van der Waals surface area contributed by atoms with Gasteiger partial charge in [-0.3, -0.25) is 9.59 Å². The minimum atomic E-state index is -1.09. The Morgan fingerprint density at radius 2 is 2.00 bits per heavy atom. The number of rotatable bonds is 2. The predicted octanol–water partition coefficient (Wildman–Crippen LogP) is 1.98. The summed E-state index contributed by atoms with van der Waals surface area (Å²) in [5.74, 6) is -2.60. The van der Waals surface area contributed by atoms with E-state index in [0.29, 0.717) is 0 Å². The van der Waals surface area contributed by atoms with Crippen LogP contribution in [0.15, 0.2) is 12.1 Å². The van der Waals surface area contributed by atoms with E-state index < -0.39 is 23.0 Å². The zero-order valence-corrected chi connectivity index (χ0v) is 6.80. The highest BCUT2D eigenvalue weighted by Gasteiger charge is 2.14. The van der Waals surface area contributed by atoms with Gasteiger partial charge in [-0.1, -0.05) is 0 Å². The summed E-state index contributed by atoms with van der Waals surface area (Å²) in [6, 6.07) is 1.91. The largest absolute Gasteiger partial charge is 0.298 e. The second-order valence-electron chi connectivity index (χ2n) is 2.50. The molecule has 0 spiro atoms. The third-order valence-corrected chi connectivity index (χ3v) is 1.62. The Bertz CT molecular complexity index is 372. The van der Waals surface area contributed by atoms with Crippen molar-refractivity contribution in [2.45, 2.75) is 6.92 Å². The van der Waals surface area contributed by atoms with Crippen LogP contribution in [-0.2, 0) is 0 Å². The smallest absolute Gasteiger partial charge is 0.162 e. The third-order valence-electron chi connectivity index (χ3n) is 1.62. The second-order valence-corrected chi connectivity index (χ2v) is 2.50. The summed E-state index contributed by atoms with van der Waals surface area (Å²) in [5.41, 5.74) is -0.976. The molecule has 0 radical (unpaired) electrons. The van der Waals surface area contributed by atoms with Gasteiger partial charge in [-0.25, -0.2) is 8.78 Å². The van der Waals surface area contributed by atoms with E-state index in [9.17, 15) is 18.4 Å². The number of halogens is 2. The van der Waals surface area contributed by atoms with Gasteiger partial charge in [-0.15, -0.1) is 0 Å². The van der Waals surface area contributed by atoms with Crippen LogP contribution in [0.1, 0.15) is 27.6 Å². The van der Waals surface area contributed by atoms with Crippen molar-refractivity contribution in [1.29, 1.82) is 0 Å². The van der Waals surface area contributed by atoms with E-state index in [2.05, 4.69) is 0 Å². The van der Waals surface area contributed by atoms with Crippen LogP contribution < -0.4 is 0 Å². The molecule has 0 saturated carbocycles. The molecule has 0 heterocycles. The van der Waals surface area contributed by atoms with Gasteiger partial charge in [-0.05, 0) is 19.1 Å². The lowest BCUT2D eigenvalue weighted by Gasteiger charge is -2.01. The first-order valence-corrected chi connectivity index (χ1v) is 3.52. The summed E-state index contributed by atoms with van der Waals surface area (Å²) in [6.07, 6.45) is 0.0527. The van der Waals surface area contributed by atoms with Gasteiger partial charge in [0.2, 0.25) is 0 Å². The molecule has 0 N–H and O–H groups in total. The van der Waals surface area contributed by atoms with Crippen molar-refractivity contribution >= 4 is 12.1 Å². The number of hydrogen-bond acceptors (Lipinski definition) is 2. The van der Waals surface area contributed by atoms with E-state index in [1.165, 1.54) is 0 Å². The minimum Gasteiger partial charge on any atom is -0.298 e. The summed E-state index contributed by atoms with van der Waals surface area (Å²) in [5, 5.41) is 0. The first-order chi connectivity index (χ1) is 6.07. The number of benzene rings is 1. The molecule has 68 valence electrons. The Labute approximate surface area is 73.2 Å². The SMILES string of the molecule is CC(=O)c1ccc(F)c(C=O)c1F. The molecule has 4 heteroatoms. The number of carbonyl (C=O) groups is 2. The quantitative estimate of drug-likeness (QED) is 0.520. The zero-order chi connectivity index (χ0) is 10.0. The van der Waals surface area contributed by atoms with Gasteiger partial charge in [0.05, 0.1) is 11.1 Å². The standard InChI is InChI=1S/C9H6F2O2/c1-5(13)6-2-3-8(10)7(4-12)9(6)11/h2-4H,1H3. The van der Waals surface area contributed by atoms with E-state index >= 15 is 0 Å². The average molecular weight is 184 g/mol. The van der Waals surface area contributed by atoms with Crippen molar-refractivity contribution in [1.82, 2.24) is 0 Å². The monoisotopic (exact) mass is 184 g/mol. The molecule has 0 aliphatic rings. The maximum atomic E-state index is 13.1. The molecule has 0 aliphatic heterocycles.